The molecule has 4 rings (SSSR count). The largest absolute Gasteiger partial charge is 0.462 e. The second-order valence-electron chi connectivity index (χ2n) is 6.45. The number of benzene rings is 2. The summed E-state index contributed by atoms with van der Waals surface area (Å²) in [6, 6.07) is 11.7. The van der Waals surface area contributed by atoms with Crippen molar-refractivity contribution in [1.29, 1.82) is 0 Å². The minimum atomic E-state index is -0.331. The van der Waals surface area contributed by atoms with E-state index in [1.165, 1.54) is 16.9 Å². The van der Waals surface area contributed by atoms with Gasteiger partial charge in [-0.05, 0) is 48.7 Å². The summed E-state index contributed by atoms with van der Waals surface area (Å²) >= 11 is 1.43. The fraction of sp³-hybridized carbons (Fsp3) is 0.250. The molecule has 138 valence electrons. The highest BCUT2D eigenvalue weighted by atomic mass is 32.1. The van der Waals surface area contributed by atoms with E-state index in [0.717, 1.165) is 21.3 Å². The minimum Gasteiger partial charge on any atom is -0.462 e. The maximum absolute atomic E-state index is 11.9. The Morgan fingerprint density at radius 1 is 1.19 bits per heavy atom. The molecule has 0 saturated carbocycles. The highest BCUT2D eigenvalue weighted by Gasteiger charge is 2.13. The minimum absolute atomic E-state index is 0.331. The number of ether oxygens (including phenoxy) is 1. The Hall–Kier alpha value is -2.93. The fourth-order valence-corrected chi connectivity index (χ4v) is 3.66. The van der Waals surface area contributed by atoms with E-state index in [1.807, 2.05) is 18.2 Å². The first-order valence-electron chi connectivity index (χ1n) is 8.78. The number of hydrogen-bond acceptors (Lipinski definition) is 7. The Morgan fingerprint density at radius 3 is 2.81 bits per heavy atom. The molecule has 0 radical (unpaired) electrons. The van der Waals surface area contributed by atoms with Crippen molar-refractivity contribution in [3.05, 3.63) is 47.5 Å². The predicted octanol–water partition coefficient (Wildman–Crippen LogP) is 5.48. The molecular formula is C20H19N3O3S. The van der Waals surface area contributed by atoms with Crippen LogP contribution in [0.15, 0.2) is 40.8 Å². The van der Waals surface area contributed by atoms with Gasteiger partial charge in [0.05, 0.1) is 22.4 Å². The lowest BCUT2D eigenvalue weighted by Crippen LogP contribution is -2.03. The van der Waals surface area contributed by atoms with Crippen molar-refractivity contribution < 1.29 is 13.9 Å². The molecule has 0 unspecified atom stereocenters. The van der Waals surface area contributed by atoms with Gasteiger partial charge in [-0.1, -0.05) is 31.3 Å². The molecule has 0 bridgehead atoms. The van der Waals surface area contributed by atoms with E-state index in [0.29, 0.717) is 29.2 Å². The van der Waals surface area contributed by atoms with Crippen molar-refractivity contribution in [3.63, 3.8) is 0 Å². The molecule has 2 heterocycles. The van der Waals surface area contributed by atoms with Crippen LogP contribution in [0.25, 0.3) is 21.3 Å². The van der Waals surface area contributed by atoms with E-state index in [4.69, 9.17) is 9.15 Å². The molecule has 1 N–H and O–H groups in total. The number of carbonyl (C=O) groups excluding carboxylic acids is 1. The summed E-state index contributed by atoms with van der Waals surface area (Å²) < 4.78 is 11.7. The van der Waals surface area contributed by atoms with Crippen LogP contribution in [-0.4, -0.2) is 22.5 Å². The number of esters is 1. The number of aromatic nitrogens is 2. The number of hydrogen-bond donors (Lipinski definition) is 1. The van der Waals surface area contributed by atoms with Crippen LogP contribution in [0.3, 0.4) is 0 Å². The van der Waals surface area contributed by atoms with Crippen LogP contribution in [-0.2, 0) is 4.74 Å². The summed E-state index contributed by atoms with van der Waals surface area (Å²) in [7, 11) is 0. The van der Waals surface area contributed by atoms with Gasteiger partial charge in [-0.3, -0.25) is 5.32 Å². The molecule has 27 heavy (non-hydrogen) atoms. The molecule has 0 saturated heterocycles. The number of fused-ring (bicyclic) bond motifs is 2. The Bertz CT molecular complexity index is 1130. The number of nitrogens with one attached hydrogen (secondary N) is 1. The molecule has 0 spiro atoms. The highest BCUT2D eigenvalue weighted by Crippen LogP contribution is 2.31. The molecule has 0 aliphatic rings. The first-order chi connectivity index (χ1) is 13.0. The first-order valence-corrected chi connectivity index (χ1v) is 9.60. The maximum Gasteiger partial charge on any atom is 0.338 e. The third kappa shape index (κ3) is 3.50. The smallest absolute Gasteiger partial charge is 0.338 e. The van der Waals surface area contributed by atoms with Crippen molar-refractivity contribution in [3.8, 4) is 0 Å². The number of thiazole rings is 1. The van der Waals surface area contributed by atoms with E-state index in [9.17, 15) is 4.79 Å². The molecule has 2 aromatic heterocycles. The number of carbonyl (C=O) groups is 1. The van der Waals surface area contributed by atoms with Crippen LogP contribution in [0.5, 0.6) is 0 Å². The van der Waals surface area contributed by atoms with Gasteiger partial charge in [-0.15, -0.1) is 0 Å². The van der Waals surface area contributed by atoms with Gasteiger partial charge in [-0.2, -0.15) is 4.98 Å². The zero-order valence-electron chi connectivity index (χ0n) is 15.3. The van der Waals surface area contributed by atoms with Gasteiger partial charge in [0.25, 0.3) is 0 Å². The van der Waals surface area contributed by atoms with Crippen molar-refractivity contribution >= 4 is 49.8 Å². The zero-order chi connectivity index (χ0) is 19.0. The zero-order valence-corrected chi connectivity index (χ0v) is 16.1. The molecule has 0 atom stereocenters. The molecule has 0 amide bonds. The van der Waals surface area contributed by atoms with Gasteiger partial charge >= 0.3 is 12.0 Å². The highest BCUT2D eigenvalue weighted by molar-refractivity contribution is 7.22. The number of anilines is 2. The van der Waals surface area contributed by atoms with Crippen LogP contribution in [0.1, 0.15) is 42.6 Å². The Morgan fingerprint density at radius 2 is 2.04 bits per heavy atom. The quantitative estimate of drug-likeness (QED) is 0.461. The second kappa shape index (κ2) is 7.00. The van der Waals surface area contributed by atoms with Crippen LogP contribution in [0, 0.1) is 0 Å². The van der Waals surface area contributed by atoms with Crippen LogP contribution in [0.4, 0.5) is 11.1 Å². The van der Waals surface area contributed by atoms with E-state index >= 15 is 0 Å². The second-order valence-corrected chi connectivity index (χ2v) is 7.48. The van der Waals surface area contributed by atoms with Gasteiger partial charge < -0.3 is 9.15 Å². The van der Waals surface area contributed by atoms with Crippen molar-refractivity contribution in [2.24, 2.45) is 0 Å². The lowest BCUT2D eigenvalue weighted by atomic mass is 10.0. The van der Waals surface area contributed by atoms with Crippen molar-refractivity contribution in [2.45, 2.75) is 26.7 Å². The van der Waals surface area contributed by atoms with Crippen molar-refractivity contribution in [2.75, 3.05) is 11.9 Å². The lowest BCUT2D eigenvalue weighted by molar-refractivity contribution is 0.0526. The summed E-state index contributed by atoms with van der Waals surface area (Å²) in [6.07, 6.45) is 0. The number of rotatable bonds is 5. The van der Waals surface area contributed by atoms with E-state index < -0.39 is 0 Å². The maximum atomic E-state index is 11.9. The summed E-state index contributed by atoms with van der Waals surface area (Å²) in [5, 5.41) is 3.77. The van der Waals surface area contributed by atoms with E-state index in [2.05, 4.69) is 35.2 Å². The summed E-state index contributed by atoms with van der Waals surface area (Å²) in [6.45, 7) is 6.43. The van der Waals surface area contributed by atoms with Gasteiger partial charge in [0, 0.05) is 0 Å². The average molecular weight is 381 g/mol. The van der Waals surface area contributed by atoms with Gasteiger partial charge in [0.15, 0.2) is 10.7 Å². The fourth-order valence-electron chi connectivity index (χ4n) is 2.77. The topological polar surface area (TPSA) is 77.2 Å². The molecule has 6 nitrogen and oxygen atoms in total. The predicted molar refractivity (Wildman–Crippen MR) is 107 cm³/mol. The van der Waals surface area contributed by atoms with Crippen LogP contribution >= 0.6 is 11.3 Å². The van der Waals surface area contributed by atoms with Gasteiger partial charge in [0.1, 0.15) is 5.52 Å². The number of oxazole rings is 1. The number of nitrogens with zero attached hydrogens (tertiary/aromatic N) is 2. The van der Waals surface area contributed by atoms with Crippen LogP contribution in [0.2, 0.25) is 0 Å². The summed E-state index contributed by atoms with van der Waals surface area (Å²) in [4.78, 5) is 20.9. The molecule has 2 aromatic carbocycles. The molecule has 0 aliphatic heterocycles. The average Bonchev–Trinajstić information content (AvgIpc) is 3.22. The van der Waals surface area contributed by atoms with Gasteiger partial charge in [0.2, 0.25) is 0 Å². The standard InChI is InChI=1S/C20H19N3O3S/c1-4-25-18(24)13-5-7-14-17(10-13)27-20(22-14)23-19-21-15-9-12(11(2)3)6-8-16(15)26-19/h5-11H,4H2,1-3H3,(H,21,22,23). The van der Waals surface area contributed by atoms with Gasteiger partial charge in [-0.25, -0.2) is 9.78 Å². The third-order valence-electron chi connectivity index (χ3n) is 4.19. The Balaban J connectivity index is 1.61. The molecule has 0 fully saturated rings. The van der Waals surface area contributed by atoms with E-state index in [1.54, 1.807) is 19.1 Å². The summed E-state index contributed by atoms with van der Waals surface area (Å²) in [5.41, 5.74) is 4.08. The third-order valence-corrected chi connectivity index (χ3v) is 5.13. The lowest BCUT2D eigenvalue weighted by Gasteiger charge is -2.02. The first kappa shape index (κ1) is 17.5. The van der Waals surface area contributed by atoms with Crippen molar-refractivity contribution in [1.82, 2.24) is 9.97 Å². The Kier molecular flexibility index (Phi) is 4.53. The van der Waals surface area contributed by atoms with Crippen LogP contribution < -0.4 is 5.32 Å². The monoisotopic (exact) mass is 381 g/mol. The normalized spacial score (nSPS) is 11.4. The molecule has 0 aliphatic carbocycles. The summed E-state index contributed by atoms with van der Waals surface area (Å²) in [5.74, 6) is 0.0996. The Labute approximate surface area is 160 Å². The molecule has 7 heteroatoms. The molecular weight excluding hydrogens is 362 g/mol. The SMILES string of the molecule is CCOC(=O)c1ccc2nc(Nc3nc4cc(C(C)C)ccc4o3)sc2c1. The van der Waals surface area contributed by atoms with E-state index in [-0.39, 0.29) is 5.97 Å². The molecule has 4 aromatic rings.